The van der Waals surface area contributed by atoms with E-state index in [4.69, 9.17) is 0 Å². The molecule has 12 radical (unpaired) electrons. The molecule has 0 aromatic heterocycles. The first-order chi connectivity index (χ1) is 0. The summed E-state index contributed by atoms with van der Waals surface area (Å²) >= 11 is 0. The molecule has 0 saturated carbocycles. The molecular formula is Bi2Te3. The van der Waals surface area contributed by atoms with E-state index >= 15 is 0 Å². The molecule has 0 fully saturated rings. The summed E-state index contributed by atoms with van der Waals surface area (Å²) in [5.41, 5.74) is 0. The Bertz CT molecular complexity index is 4.85. The SMILES string of the molecule is [Bi].[Bi].[Te].[Te].[Te]. The van der Waals surface area contributed by atoms with E-state index in [1.165, 1.54) is 0 Å². The molecular weight excluding hydrogens is 801 g/mol. The van der Waals surface area contributed by atoms with Gasteiger partial charge < -0.3 is 0 Å². The first-order valence-electron chi connectivity index (χ1n) is 0. The van der Waals surface area contributed by atoms with Gasteiger partial charge in [-0.05, 0) is 0 Å². The van der Waals surface area contributed by atoms with Gasteiger partial charge in [0.15, 0.2) is 0 Å². The van der Waals surface area contributed by atoms with Gasteiger partial charge in [0.1, 0.15) is 0 Å². The fraction of sp³-hybridized carbons (Fsp3) is 0. The molecule has 0 aromatic rings. The van der Waals surface area contributed by atoms with Crippen molar-refractivity contribution in [1.29, 1.82) is 0 Å². The van der Waals surface area contributed by atoms with Crippen LogP contribution in [-0.2, 0) is 0 Å². The summed E-state index contributed by atoms with van der Waals surface area (Å²) in [6.45, 7) is 0. The van der Waals surface area contributed by atoms with Crippen molar-refractivity contribution in [2.75, 3.05) is 0 Å². The van der Waals surface area contributed by atoms with Crippen molar-refractivity contribution in [3.63, 3.8) is 0 Å². The summed E-state index contributed by atoms with van der Waals surface area (Å²) in [5.74, 6) is 0. The van der Waals surface area contributed by atoms with Crippen LogP contribution >= 0.6 is 0 Å². The van der Waals surface area contributed by atoms with Gasteiger partial charge in [-0.1, -0.05) is 0 Å². The van der Waals surface area contributed by atoms with Crippen molar-refractivity contribution in [1.82, 2.24) is 0 Å². The molecule has 0 aromatic carbocycles. The van der Waals surface area contributed by atoms with Gasteiger partial charge >= 0.3 is 0 Å². The second kappa shape index (κ2) is 24.2. The molecule has 5 heteroatoms. The quantitative estimate of drug-likeness (QED) is 0.252. The van der Waals surface area contributed by atoms with Gasteiger partial charge in [0.2, 0.25) is 0 Å². The molecule has 0 heterocycles. The fourth-order valence-electron chi connectivity index (χ4n) is 0. The smallest absolute Gasteiger partial charge is 0 e. The Hall–Kier alpha value is 4.14. The Morgan fingerprint density at radius 3 is 0.400 bits per heavy atom. The molecule has 5 heavy (non-hydrogen) atoms. The van der Waals surface area contributed by atoms with Crippen LogP contribution in [0.5, 0.6) is 0 Å². The molecule has 0 aliphatic heterocycles. The van der Waals surface area contributed by atoms with Crippen LogP contribution in [0.2, 0.25) is 0 Å². The normalized spacial score (nSPS) is 0. The molecule has 28 valence electrons. The first kappa shape index (κ1) is 35.4. The van der Waals surface area contributed by atoms with Crippen molar-refractivity contribution in [3.8, 4) is 0 Å². The Balaban J connectivity index is 0. The maximum absolute atomic E-state index is 0. The third-order valence-electron chi connectivity index (χ3n) is 0. The second-order valence-electron chi connectivity index (χ2n) is 0. The zero-order valence-electron chi connectivity index (χ0n) is 2.12. The van der Waals surface area contributed by atoms with Crippen molar-refractivity contribution in [2.24, 2.45) is 0 Å². The minimum atomic E-state index is 0. The van der Waals surface area contributed by atoms with Gasteiger partial charge in [0, 0.05) is 123 Å². The predicted octanol–water partition coefficient (Wildman–Crippen LogP) is -1.90. The Labute approximate surface area is 120 Å². The van der Waals surface area contributed by atoms with Crippen LogP contribution in [0, 0.1) is 0 Å². The van der Waals surface area contributed by atoms with Gasteiger partial charge in [-0.2, -0.15) is 0 Å². The van der Waals surface area contributed by atoms with E-state index in [2.05, 4.69) is 0 Å². The summed E-state index contributed by atoms with van der Waals surface area (Å²) in [5, 5.41) is 0. The van der Waals surface area contributed by atoms with Gasteiger partial charge in [-0.25, -0.2) is 0 Å². The molecule has 0 nitrogen and oxygen atoms in total. The molecule has 0 spiro atoms. The van der Waals surface area contributed by atoms with Crippen LogP contribution in [0.15, 0.2) is 0 Å². The molecule has 0 unspecified atom stereocenters. The van der Waals surface area contributed by atoms with Gasteiger partial charge in [-0.3, -0.25) is 0 Å². The van der Waals surface area contributed by atoms with Crippen molar-refractivity contribution >= 4 is 123 Å². The average molecular weight is 801 g/mol. The van der Waals surface area contributed by atoms with Crippen LogP contribution in [0.1, 0.15) is 0 Å². The van der Waals surface area contributed by atoms with Crippen LogP contribution in [0.25, 0.3) is 0 Å². The monoisotopic (exact) mass is 808 g/mol. The molecule has 0 rings (SSSR count). The minimum Gasteiger partial charge on any atom is 0 e. The van der Waals surface area contributed by atoms with E-state index in [-0.39, 0.29) is 123 Å². The van der Waals surface area contributed by atoms with Gasteiger partial charge in [0.25, 0.3) is 0 Å². The molecule has 0 aliphatic rings. The van der Waals surface area contributed by atoms with Crippen molar-refractivity contribution in [3.05, 3.63) is 0 Å². The van der Waals surface area contributed by atoms with Crippen molar-refractivity contribution < 1.29 is 0 Å². The molecule has 0 N–H and O–H groups in total. The molecule has 0 bridgehead atoms. The maximum atomic E-state index is 0. The second-order valence-corrected chi connectivity index (χ2v) is 0. The number of hydrogen-bond acceptors (Lipinski definition) is 0. The molecule has 0 amide bonds. The Morgan fingerprint density at radius 1 is 0.400 bits per heavy atom. The number of rotatable bonds is 0. The van der Waals surface area contributed by atoms with E-state index in [1.807, 2.05) is 0 Å². The Kier molecular flexibility index (Phi) is 171. The van der Waals surface area contributed by atoms with Crippen LogP contribution < -0.4 is 0 Å². The predicted molar refractivity (Wildman–Crippen MR) is 28.8 cm³/mol. The summed E-state index contributed by atoms with van der Waals surface area (Å²) < 4.78 is 0. The largest absolute Gasteiger partial charge is 0 e. The minimum absolute atomic E-state index is 0. The van der Waals surface area contributed by atoms with E-state index in [0.717, 1.165) is 0 Å². The summed E-state index contributed by atoms with van der Waals surface area (Å²) in [7, 11) is 0. The maximum Gasteiger partial charge on any atom is 0 e. The summed E-state index contributed by atoms with van der Waals surface area (Å²) in [6.07, 6.45) is 0. The zero-order valence-corrected chi connectivity index (χ0v) is 16.1. The van der Waals surface area contributed by atoms with Crippen LogP contribution in [-0.4, -0.2) is 123 Å². The molecule has 0 aliphatic carbocycles. The Morgan fingerprint density at radius 2 is 0.400 bits per heavy atom. The molecule has 0 atom stereocenters. The number of hydrogen-bond donors (Lipinski definition) is 0. The first-order valence-corrected chi connectivity index (χ1v) is 0. The van der Waals surface area contributed by atoms with Crippen molar-refractivity contribution in [2.45, 2.75) is 0 Å². The van der Waals surface area contributed by atoms with E-state index < -0.39 is 0 Å². The average Bonchev–Trinajstić information content (AvgIpc) is 0. The van der Waals surface area contributed by atoms with E-state index in [0.29, 0.717) is 0 Å². The summed E-state index contributed by atoms with van der Waals surface area (Å²) in [4.78, 5) is 0. The standard InChI is InChI=1S/2Bi.3Te. The fourth-order valence-corrected chi connectivity index (χ4v) is 0. The van der Waals surface area contributed by atoms with Crippen LogP contribution in [0.4, 0.5) is 0 Å². The molecule has 0 saturated heterocycles. The summed E-state index contributed by atoms with van der Waals surface area (Å²) in [6, 6.07) is 0. The third-order valence-corrected chi connectivity index (χ3v) is 0. The zero-order chi connectivity index (χ0) is 0. The third kappa shape index (κ3) is 17.9. The van der Waals surface area contributed by atoms with Crippen LogP contribution in [0.3, 0.4) is 0 Å². The van der Waals surface area contributed by atoms with Gasteiger partial charge in [-0.15, -0.1) is 0 Å². The van der Waals surface area contributed by atoms with E-state index in [1.54, 1.807) is 0 Å². The van der Waals surface area contributed by atoms with E-state index in [9.17, 15) is 0 Å². The topological polar surface area (TPSA) is 0 Å². The van der Waals surface area contributed by atoms with Gasteiger partial charge in [0.05, 0.1) is 0 Å².